The first-order chi connectivity index (χ1) is 11.8. The van der Waals surface area contributed by atoms with Gasteiger partial charge in [0.2, 0.25) is 0 Å². The number of para-hydroxylation sites is 1. The van der Waals surface area contributed by atoms with Crippen LogP contribution >= 0.6 is 0 Å². The Kier molecular flexibility index (Phi) is 6.00. The summed E-state index contributed by atoms with van der Waals surface area (Å²) in [4.78, 5) is 9.94. The number of nitrogens with one attached hydrogen (secondary N) is 1. The van der Waals surface area contributed by atoms with E-state index in [2.05, 4.69) is 59.3 Å². The van der Waals surface area contributed by atoms with E-state index in [9.17, 15) is 0 Å². The molecule has 1 aromatic carbocycles. The molecule has 2 aliphatic rings. The molecule has 0 bridgehead atoms. The fraction of sp³-hybridized carbons (Fsp3) is 0.650. The number of aliphatic imine (C=N–C) groups is 1. The summed E-state index contributed by atoms with van der Waals surface area (Å²) in [6.07, 6.45) is 3.88. The molecule has 0 spiro atoms. The zero-order chi connectivity index (χ0) is 16.8. The van der Waals surface area contributed by atoms with Crippen LogP contribution in [-0.2, 0) is 0 Å². The van der Waals surface area contributed by atoms with Gasteiger partial charge in [-0.15, -0.1) is 0 Å². The van der Waals surface area contributed by atoms with Crippen LogP contribution in [0.25, 0.3) is 0 Å². The molecule has 2 saturated heterocycles. The lowest BCUT2D eigenvalue weighted by molar-refractivity contribution is 0.265. The Morgan fingerprint density at radius 3 is 2.75 bits per heavy atom. The van der Waals surface area contributed by atoms with Crippen LogP contribution in [0.4, 0.5) is 5.69 Å². The largest absolute Gasteiger partial charge is 0.371 e. The quantitative estimate of drug-likeness (QED) is 0.680. The van der Waals surface area contributed by atoms with Gasteiger partial charge >= 0.3 is 0 Å². The highest BCUT2D eigenvalue weighted by molar-refractivity contribution is 5.80. The van der Waals surface area contributed by atoms with Crippen molar-refractivity contribution in [2.45, 2.75) is 33.1 Å². The first kappa shape index (κ1) is 17.1. The molecule has 3 rings (SSSR count). The van der Waals surface area contributed by atoms with Crippen molar-refractivity contribution in [3.8, 4) is 0 Å². The number of piperidine rings is 1. The van der Waals surface area contributed by atoms with Crippen molar-refractivity contribution in [2.24, 2.45) is 16.8 Å². The number of nitrogens with zero attached hydrogens (tertiary/aromatic N) is 3. The van der Waals surface area contributed by atoms with Gasteiger partial charge in [0.25, 0.3) is 0 Å². The van der Waals surface area contributed by atoms with Crippen LogP contribution in [0.3, 0.4) is 0 Å². The molecule has 1 N–H and O–H groups in total. The molecule has 132 valence electrons. The SMILES string of the molecule is CCNC(=NCC1CCN(c2ccccc2)C1)N1CCCC(C)C1. The van der Waals surface area contributed by atoms with E-state index < -0.39 is 0 Å². The lowest BCUT2D eigenvalue weighted by atomic mass is 10.0. The average Bonchev–Trinajstić information content (AvgIpc) is 3.08. The monoisotopic (exact) mass is 328 g/mol. The van der Waals surface area contributed by atoms with Gasteiger partial charge in [-0.1, -0.05) is 25.1 Å². The molecule has 2 heterocycles. The lowest BCUT2D eigenvalue weighted by Gasteiger charge is -2.33. The molecule has 1 aromatic rings. The topological polar surface area (TPSA) is 30.9 Å². The Hall–Kier alpha value is -1.71. The molecule has 2 atom stereocenters. The molecule has 0 aromatic heterocycles. The second-order valence-electron chi connectivity index (χ2n) is 7.32. The van der Waals surface area contributed by atoms with Gasteiger partial charge in [-0.2, -0.15) is 0 Å². The van der Waals surface area contributed by atoms with Crippen molar-refractivity contribution < 1.29 is 0 Å². The number of likely N-dealkylation sites (tertiary alicyclic amines) is 1. The van der Waals surface area contributed by atoms with Crippen LogP contribution in [0.15, 0.2) is 35.3 Å². The summed E-state index contributed by atoms with van der Waals surface area (Å²) in [5, 5.41) is 3.50. The third-order valence-electron chi connectivity index (χ3n) is 5.20. The van der Waals surface area contributed by atoms with Crippen molar-refractivity contribution in [3.63, 3.8) is 0 Å². The van der Waals surface area contributed by atoms with Crippen LogP contribution < -0.4 is 10.2 Å². The summed E-state index contributed by atoms with van der Waals surface area (Å²) < 4.78 is 0. The van der Waals surface area contributed by atoms with Crippen molar-refractivity contribution in [1.29, 1.82) is 0 Å². The van der Waals surface area contributed by atoms with E-state index in [-0.39, 0.29) is 0 Å². The molecule has 2 unspecified atom stereocenters. The second kappa shape index (κ2) is 8.41. The fourth-order valence-corrected chi connectivity index (χ4v) is 3.88. The van der Waals surface area contributed by atoms with E-state index in [1.807, 2.05) is 0 Å². The Morgan fingerprint density at radius 2 is 2.00 bits per heavy atom. The Morgan fingerprint density at radius 1 is 1.17 bits per heavy atom. The third kappa shape index (κ3) is 4.43. The predicted octanol–water partition coefficient (Wildman–Crippen LogP) is 3.21. The summed E-state index contributed by atoms with van der Waals surface area (Å²) in [5.41, 5.74) is 1.35. The van der Waals surface area contributed by atoms with E-state index in [0.29, 0.717) is 5.92 Å². The number of rotatable bonds is 4. The minimum Gasteiger partial charge on any atom is -0.371 e. The zero-order valence-electron chi connectivity index (χ0n) is 15.2. The maximum Gasteiger partial charge on any atom is 0.193 e. The number of benzene rings is 1. The molecule has 4 heteroatoms. The van der Waals surface area contributed by atoms with Gasteiger partial charge in [0.05, 0.1) is 0 Å². The Bertz CT molecular complexity index is 528. The van der Waals surface area contributed by atoms with Gasteiger partial charge in [0.15, 0.2) is 5.96 Å². The molecule has 0 amide bonds. The summed E-state index contributed by atoms with van der Waals surface area (Å²) >= 11 is 0. The molecular weight excluding hydrogens is 296 g/mol. The average molecular weight is 329 g/mol. The first-order valence-electron chi connectivity index (χ1n) is 9.59. The molecular formula is C20H32N4. The highest BCUT2D eigenvalue weighted by atomic mass is 15.3. The maximum atomic E-state index is 4.99. The van der Waals surface area contributed by atoms with Crippen molar-refractivity contribution in [1.82, 2.24) is 10.2 Å². The second-order valence-corrected chi connectivity index (χ2v) is 7.32. The van der Waals surface area contributed by atoms with Gasteiger partial charge in [-0.25, -0.2) is 0 Å². The first-order valence-corrected chi connectivity index (χ1v) is 9.59. The molecule has 4 nitrogen and oxygen atoms in total. The van der Waals surface area contributed by atoms with Gasteiger partial charge < -0.3 is 15.1 Å². The van der Waals surface area contributed by atoms with Crippen LogP contribution in [0.1, 0.15) is 33.1 Å². The highest BCUT2D eigenvalue weighted by Gasteiger charge is 2.24. The van der Waals surface area contributed by atoms with Crippen LogP contribution in [-0.4, -0.2) is 50.1 Å². The highest BCUT2D eigenvalue weighted by Crippen LogP contribution is 2.24. The molecule has 2 fully saturated rings. The van der Waals surface area contributed by atoms with Crippen LogP contribution in [0, 0.1) is 11.8 Å². The maximum absolute atomic E-state index is 4.99. The van der Waals surface area contributed by atoms with E-state index in [4.69, 9.17) is 4.99 Å². The fourth-order valence-electron chi connectivity index (χ4n) is 3.88. The van der Waals surface area contributed by atoms with E-state index in [0.717, 1.165) is 51.1 Å². The zero-order valence-corrected chi connectivity index (χ0v) is 15.2. The van der Waals surface area contributed by atoms with Gasteiger partial charge in [-0.3, -0.25) is 4.99 Å². The van der Waals surface area contributed by atoms with Crippen molar-refractivity contribution >= 4 is 11.6 Å². The Labute approximate surface area is 146 Å². The molecule has 2 aliphatic heterocycles. The van der Waals surface area contributed by atoms with E-state index >= 15 is 0 Å². The van der Waals surface area contributed by atoms with Gasteiger partial charge in [-0.05, 0) is 50.2 Å². The van der Waals surface area contributed by atoms with Crippen LogP contribution in [0.5, 0.6) is 0 Å². The van der Waals surface area contributed by atoms with Crippen molar-refractivity contribution in [3.05, 3.63) is 30.3 Å². The minimum absolute atomic E-state index is 0.668. The molecule has 0 radical (unpaired) electrons. The van der Waals surface area contributed by atoms with Gasteiger partial charge in [0.1, 0.15) is 0 Å². The molecule has 24 heavy (non-hydrogen) atoms. The van der Waals surface area contributed by atoms with E-state index in [1.165, 1.54) is 24.9 Å². The van der Waals surface area contributed by atoms with E-state index in [1.54, 1.807) is 0 Å². The predicted molar refractivity (Wildman–Crippen MR) is 103 cm³/mol. The summed E-state index contributed by atoms with van der Waals surface area (Å²) in [7, 11) is 0. The summed E-state index contributed by atoms with van der Waals surface area (Å²) in [5.74, 6) is 2.57. The summed E-state index contributed by atoms with van der Waals surface area (Å²) in [6, 6.07) is 10.8. The Balaban J connectivity index is 1.56. The third-order valence-corrected chi connectivity index (χ3v) is 5.20. The number of guanidine groups is 1. The normalized spacial score (nSPS) is 25.2. The molecule has 0 saturated carbocycles. The summed E-state index contributed by atoms with van der Waals surface area (Å²) in [6.45, 7) is 11.0. The standard InChI is InChI=1S/C20H32N4/c1-3-21-20(24-12-7-8-17(2)15-24)22-14-18-11-13-23(16-18)19-9-5-4-6-10-19/h4-6,9-10,17-18H,3,7-8,11-16H2,1-2H3,(H,21,22). The number of hydrogen-bond acceptors (Lipinski definition) is 2. The number of hydrogen-bond donors (Lipinski definition) is 1. The minimum atomic E-state index is 0.668. The van der Waals surface area contributed by atoms with Gasteiger partial charge in [0, 0.05) is 45.0 Å². The number of anilines is 1. The van der Waals surface area contributed by atoms with Crippen LogP contribution in [0.2, 0.25) is 0 Å². The molecule has 0 aliphatic carbocycles. The smallest absolute Gasteiger partial charge is 0.193 e. The van der Waals surface area contributed by atoms with Crippen molar-refractivity contribution in [2.75, 3.05) is 44.2 Å². The lowest BCUT2D eigenvalue weighted by Crippen LogP contribution is -2.46.